The van der Waals surface area contributed by atoms with Crippen LogP contribution in [0.4, 0.5) is 9.59 Å². The van der Waals surface area contributed by atoms with Crippen LogP contribution in [0, 0.1) is 13.8 Å². The molecule has 3 aliphatic rings. The number of rotatable bonds is 3. The Morgan fingerprint density at radius 3 is 1.83 bits per heavy atom. The number of aryl methyl sites for hydroxylation is 2. The fraction of sp³-hybridized carbons (Fsp3) is 0.457. The monoisotopic (exact) mass is 870 g/mol. The summed E-state index contributed by atoms with van der Waals surface area (Å²) < 4.78 is 26.5. The van der Waals surface area contributed by atoms with Gasteiger partial charge in [0.05, 0.1) is 67.3 Å². The Morgan fingerprint density at radius 1 is 0.762 bits per heavy atom. The summed E-state index contributed by atoms with van der Waals surface area (Å²) in [5.74, 6) is -1.19. The summed E-state index contributed by atoms with van der Waals surface area (Å²) in [5, 5.41) is 11.2. The molecule has 1 N–H and O–H groups in total. The molecule has 0 bridgehead atoms. The third-order valence-electron chi connectivity index (χ3n) is 10.2. The number of aromatic nitrogens is 2. The van der Waals surface area contributed by atoms with Gasteiger partial charge in [-0.15, -0.1) is 0 Å². The number of esters is 2. The number of hydrogen-bond donors (Lipinski definition) is 1. The quantitative estimate of drug-likeness (QED) is 0.130. The smallest absolute Gasteiger partial charge is 0.411 e. The maximum absolute atomic E-state index is 13.3. The van der Waals surface area contributed by atoms with Gasteiger partial charge in [-0.2, -0.15) is 0 Å². The summed E-state index contributed by atoms with van der Waals surface area (Å²) in [5.41, 5.74) is 0.947. The number of nitrogens with zero attached hydrogens (tertiary/aromatic N) is 4. The highest BCUT2D eigenvalue weighted by atomic mass is 16.6. The minimum atomic E-state index is -1.05. The predicted molar refractivity (Wildman–Crippen MR) is 229 cm³/mol. The predicted octanol–water partition coefficient (Wildman–Crippen LogP) is 6.62. The highest BCUT2D eigenvalue weighted by Crippen LogP contribution is 2.44. The number of likely N-dealkylation sites (tertiary alicyclic amines) is 2. The van der Waals surface area contributed by atoms with Crippen molar-refractivity contribution in [3.05, 3.63) is 71.0 Å². The normalized spacial score (nSPS) is 19.3. The van der Waals surface area contributed by atoms with E-state index in [1.807, 2.05) is 42.5 Å². The molecule has 2 aromatic carbocycles. The fourth-order valence-electron chi connectivity index (χ4n) is 7.59. The molecule has 2 saturated heterocycles. The van der Waals surface area contributed by atoms with Crippen LogP contribution < -0.4 is 4.74 Å². The first-order chi connectivity index (χ1) is 29.4. The molecule has 3 aliphatic heterocycles. The lowest BCUT2D eigenvalue weighted by Crippen LogP contribution is -2.47. The molecule has 17 heteroatoms. The van der Waals surface area contributed by atoms with E-state index < -0.39 is 53.0 Å². The second kappa shape index (κ2) is 18.4. The van der Waals surface area contributed by atoms with Gasteiger partial charge in [0.15, 0.2) is 23.1 Å². The van der Waals surface area contributed by atoms with Crippen LogP contribution in [-0.4, -0.2) is 123 Å². The summed E-state index contributed by atoms with van der Waals surface area (Å²) in [6.45, 7) is 15.3. The molecule has 1 unspecified atom stereocenters. The van der Waals surface area contributed by atoms with Crippen molar-refractivity contribution in [2.24, 2.45) is 0 Å². The van der Waals surface area contributed by atoms with Crippen LogP contribution in [0.3, 0.4) is 0 Å². The highest BCUT2D eigenvalue weighted by Gasteiger charge is 2.55. The molecule has 2 amide bonds. The number of amides is 2. The van der Waals surface area contributed by atoms with Crippen molar-refractivity contribution in [3.8, 4) is 11.5 Å². The lowest BCUT2D eigenvalue weighted by Gasteiger charge is -2.35. The number of carbonyl (C=O) groups is 7. The second-order valence-corrected chi connectivity index (χ2v) is 17.5. The molecule has 5 heterocycles. The van der Waals surface area contributed by atoms with Gasteiger partial charge >= 0.3 is 24.1 Å². The SMILES string of the molecule is CC(=O)c1c(O)c(C)nc2ccccc12.COC(=O)[C@@H]1CC(=O)CN1C(=O)OC(C)(C)C.COC(=O)[C@@H]1CC2(CC(=O)c3c(c(C)nc4ccccc34)O2)CN1C(=O)OC(C)(C)C. The van der Waals surface area contributed by atoms with Gasteiger partial charge in [0.2, 0.25) is 0 Å². The van der Waals surface area contributed by atoms with E-state index >= 15 is 0 Å². The molecule has 4 aromatic rings. The molecule has 336 valence electrons. The average molecular weight is 871 g/mol. The van der Waals surface area contributed by atoms with Crippen LogP contribution >= 0.6 is 0 Å². The summed E-state index contributed by atoms with van der Waals surface area (Å²) in [6, 6.07) is 13.0. The number of hydrogen-bond acceptors (Lipinski definition) is 15. The first kappa shape index (κ1) is 47.4. The number of ether oxygens (including phenoxy) is 5. The average Bonchev–Trinajstić information content (AvgIpc) is 3.77. The number of aromatic hydroxyl groups is 1. The largest absolute Gasteiger partial charge is 0.505 e. The van der Waals surface area contributed by atoms with E-state index in [9.17, 15) is 38.7 Å². The van der Waals surface area contributed by atoms with Gasteiger partial charge in [-0.25, -0.2) is 29.1 Å². The standard InChI is InChI=1S/C23H26N2O6.C12H11NO2.C11H17NO5/c1-13-19-18(14-8-6-7-9-15(14)24-13)17(26)11-23(30-19)10-16(20(27)29-5)25(12-23)21(28)31-22(2,3)4;1-7-12(15)11(8(2)14)9-5-3-4-6-10(9)13-7;1-11(2,3)17-10(15)12-6-7(13)5-8(12)9(14)16-4/h6-9,16H,10-12H2,1-5H3;3-6,15H,1-2H3;8H,5-6H2,1-4H3/t16-,23?;;8-/m0.0/s1. The minimum absolute atomic E-state index is 0.00802. The third kappa shape index (κ3) is 10.7. The molecule has 0 aliphatic carbocycles. The van der Waals surface area contributed by atoms with Crippen molar-refractivity contribution >= 4 is 63.3 Å². The lowest BCUT2D eigenvalue weighted by molar-refractivity contribution is -0.146. The first-order valence-corrected chi connectivity index (χ1v) is 20.3. The van der Waals surface area contributed by atoms with E-state index in [0.29, 0.717) is 33.7 Å². The van der Waals surface area contributed by atoms with Crippen molar-refractivity contribution in [2.75, 3.05) is 27.3 Å². The van der Waals surface area contributed by atoms with E-state index in [1.54, 1.807) is 61.5 Å². The molecule has 3 atom stereocenters. The Labute approximate surface area is 365 Å². The maximum Gasteiger partial charge on any atom is 0.411 e. The number of Topliss-reactive ketones (excluding diaryl/α,β-unsaturated/α-hetero) is 3. The van der Waals surface area contributed by atoms with Gasteiger partial charge in [-0.05, 0) is 74.4 Å². The summed E-state index contributed by atoms with van der Waals surface area (Å²) in [7, 11) is 2.49. The van der Waals surface area contributed by atoms with Gasteiger partial charge in [0, 0.05) is 23.6 Å². The first-order valence-electron chi connectivity index (χ1n) is 20.3. The summed E-state index contributed by atoms with van der Waals surface area (Å²) in [4.78, 5) is 95.7. The van der Waals surface area contributed by atoms with Crippen LogP contribution in [0.5, 0.6) is 11.5 Å². The van der Waals surface area contributed by atoms with Gasteiger partial charge < -0.3 is 28.8 Å². The van der Waals surface area contributed by atoms with Crippen LogP contribution in [0.1, 0.15) is 99.8 Å². The Hall–Kier alpha value is -6.65. The lowest BCUT2D eigenvalue weighted by atomic mass is 9.86. The number of pyridine rings is 2. The van der Waals surface area contributed by atoms with Gasteiger partial charge in [-0.1, -0.05) is 36.4 Å². The van der Waals surface area contributed by atoms with Crippen LogP contribution in [-0.2, 0) is 33.3 Å². The molecular weight excluding hydrogens is 817 g/mol. The number of methoxy groups -OCH3 is 2. The van der Waals surface area contributed by atoms with Gasteiger partial charge in [-0.3, -0.25) is 24.2 Å². The van der Waals surface area contributed by atoms with Crippen molar-refractivity contribution in [2.45, 2.75) is 110 Å². The number of para-hydroxylation sites is 2. The molecular formula is C46H54N4O13. The zero-order valence-corrected chi connectivity index (χ0v) is 37.4. The van der Waals surface area contributed by atoms with Crippen molar-refractivity contribution in [3.63, 3.8) is 0 Å². The molecule has 17 nitrogen and oxygen atoms in total. The highest BCUT2D eigenvalue weighted by molar-refractivity contribution is 6.11. The molecule has 0 radical (unpaired) electrons. The third-order valence-corrected chi connectivity index (χ3v) is 10.2. The van der Waals surface area contributed by atoms with E-state index in [0.717, 1.165) is 21.3 Å². The number of benzene rings is 2. The van der Waals surface area contributed by atoms with E-state index in [2.05, 4.69) is 14.7 Å². The Morgan fingerprint density at radius 2 is 1.27 bits per heavy atom. The number of carbonyl (C=O) groups excluding carboxylic acids is 7. The maximum atomic E-state index is 13.3. The number of fused-ring (bicyclic) bond motifs is 4. The summed E-state index contributed by atoms with van der Waals surface area (Å²) in [6.07, 6.45) is -1.14. The molecule has 7 rings (SSSR count). The van der Waals surface area contributed by atoms with E-state index in [4.69, 9.17) is 18.9 Å². The molecule has 2 fully saturated rings. The molecule has 1 spiro atoms. The molecule has 0 saturated carbocycles. The van der Waals surface area contributed by atoms with Gasteiger partial charge in [0.1, 0.15) is 34.6 Å². The zero-order chi connectivity index (χ0) is 46.8. The molecule has 2 aromatic heterocycles. The topological polar surface area (TPSA) is 218 Å². The number of ketones is 3. The van der Waals surface area contributed by atoms with E-state index in [-0.39, 0.29) is 55.5 Å². The Kier molecular flexibility index (Phi) is 13.8. The Bertz CT molecular complexity index is 2490. The van der Waals surface area contributed by atoms with Crippen LogP contribution in [0.25, 0.3) is 21.8 Å². The van der Waals surface area contributed by atoms with Crippen LogP contribution in [0.2, 0.25) is 0 Å². The zero-order valence-electron chi connectivity index (χ0n) is 37.4. The Balaban J connectivity index is 0.000000197. The molecule has 63 heavy (non-hydrogen) atoms. The van der Waals surface area contributed by atoms with Crippen LogP contribution in [0.15, 0.2) is 48.5 Å². The van der Waals surface area contributed by atoms with Crippen molar-refractivity contribution in [1.82, 2.24) is 19.8 Å². The van der Waals surface area contributed by atoms with Crippen molar-refractivity contribution in [1.29, 1.82) is 0 Å². The van der Waals surface area contributed by atoms with Crippen molar-refractivity contribution < 1.29 is 62.4 Å². The minimum Gasteiger partial charge on any atom is -0.505 e. The summed E-state index contributed by atoms with van der Waals surface area (Å²) >= 11 is 0. The van der Waals surface area contributed by atoms with E-state index in [1.165, 1.54) is 26.0 Å². The second-order valence-electron chi connectivity index (χ2n) is 17.5. The van der Waals surface area contributed by atoms with Gasteiger partial charge in [0.25, 0.3) is 0 Å². The fourth-order valence-corrected chi connectivity index (χ4v) is 7.59.